The van der Waals surface area contributed by atoms with Crippen LogP contribution in [-0.2, 0) is 9.47 Å². The van der Waals surface area contributed by atoms with E-state index in [4.69, 9.17) is 9.47 Å². The highest BCUT2D eigenvalue weighted by Gasteiger charge is 2.35. The lowest BCUT2D eigenvalue weighted by Crippen LogP contribution is -2.39. The van der Waals surface area contributed by atoms with Crippen molar-refractivity contribution in [2.75, 3.05) is 19.0 Å². The first kappa shape index (κ1) is 12.0. The molecule has 0 aromatic carbocycles. The zero-order valence-electron chi connectivity index (χ0n) is 9.37. The lowest BCUT2D eigenvalue weighted by molar-refractivity contribution is -0.168. The Morgan fingerprint density at radius 1 is 1.43 bits per heavy atom. The second-order valence-corrected chi connectivity index (χ2v) is 4.41. The summed E-state index contributed by atoms with van der Waals surface area (Å²) in [5.41, 5.74) is 0. The summed E-state index contributed by atoms with van der Waals surface area (Å²) in [5.74, 6) is 0.407. The molecule has 0 N–H and O–H groups in total. The summed E-state index contributed by atoms with van der Waals surface area (Å²) in [4.78, 5) is 4.53. The molecule has 14 heavy (non-hydrogen) atoms. The number of rotatable bonds is 5. The van der Waals surface area contributed by atoms with Crippen LogP contribution in [-0.4, -0.2) is 35.8 Å². The van der Waals surface area contributed by atoms with Crippen LogP contribution in [0.2, 0.25) is 0 Å². The zero-order chi connectivity index (χ0) is 10.6. The van der Waals surface area contributed by atoms with E-state index in [-0.39, 0.29) is 0 Å². The van der Waals surface area contributed by atoms with Gasteiger partial charge in [0.2, 0.25) is 5.79 Å². The second kappa shape index (κ2) is 5.14. The molecule has 4 heteroatoms. The highest BCUT2D eigenvalue weighted by atomic mass is 32.2. The third kappa shape index (κ3) is 2.72. The van der Waals surface area contributed by atoms with Crippen molar-refractivity contribution in [2.45, 2.75) is 39.5 Å². The normalized spacial score (nSPS) is 22.6. The Morgan fingerprint density at radius 2 is 2.00 bits per heavy atom. The van der Waals surface area contributed by atoms with Crippen molar-refractivity contribution in [3.8, 4) is 0 Å². The summed E-state index contributed by atoms with van der Waals surface area (Å²) >= 11 is 1.74. The van der Waals surface area contributed by atoms with Crippen LogP contribution in [0.5, 0.6) is 0 Å². The Kier molecular flexibility index (Phi) is 4.41. The molecule has 0 aliphatic carbocycles. The molecule has 1 aliphatic rings. The van der Waals surface area contributed by atoms with Crippen molar-refractivity contribution in [3.05, 3.63) is 0 Å². The first-order valence-corrected chi connectivity index (χ1v) is 6.10. The number of hydrogen-bond acceptors (Lipinski definition) is 4. The maximum Gasteiger partial charge on any atom is 0.215 e. The molecule has 0 bridgehead atoms. The van der Waals surface area contributed by atoms with Gasteiger partial charge in [-0.3, -0.25) is 4.99 Å². The number of nitrogens with zero attached hydrogens (tertiary/aromatic N) is 1. The monoisotopic (exact) mass is 217 g/mol. The molecule has 3 nitrogen and oxygen atoms in total. The summed E-state index contributed by atoms with van der Waals surface area (Å²) in [6.45, 7) is 9.29. The van der Waals surface area contributed by atoms with E-state index in [0.29, 0.717) is 19.3 Å². The van der Waals surface area contributed by atoms with Gasteiger partial charge < -0.3 is 9.47 Å². The molecule has 1 aliphatic heterocycles. The van der Waals surface area contributed by atoms with E-state index in [2.05, 4.69) is 11.9 Å². The van der Waals surface area contributed by atoms with Crippen LogP contribution < -0.4 is 0 Å². The quantitative estimate of drug-likeness (QED) is 0.662. The average Bonchev–Trinajstić information content (AvgIpc) is 2.53. The fourth-order valence-corrected chi connectivity index (χ4v) is 2.55. The fourth-order valence-electron chi connectivity index (χ4n) is 1.44. The Morgan fingerprint density at radius 3 is 2.36 bits per heavy atom. The highest BCUT2D eigenvalue weighted by Crippen LogP contribution is 2.29. The Hall–Kier alpha value is -0.0600. The van der Waals surface area contributed by atoms with Crippen LogP contribution in [0.4, 0.5) is 0 Å². The molecule has 1 heterocycles. The van der Waals surface area contributed by atoms with Gasteiger partial charge in [-0.1, -0.05) is 0 Å². The Balaban J connectivity index is 2.71. The molecule has 0 fully saturated rings. The third-order valence-electron chi connectivity index (χ3n) is 2.03. The predicted molar refractivity (Wildman–Crippen MR) is 61.0 cm³/mol. The van der Waals surface area contributed by atoms with E-state index in [1.54, 1.807) is 11.8 Å². The summed E-state index contributed by atoms with van der Waals surface area (Å²) in [6.07, 6.45) is 0. The molecule has 0 spiro atoms. The van der Waals surface area contributed by atoms with E-state index in [9.17, 15) is 0 Å². The number of thioether (sulfide) groups is 1. The zero-order valence-corrected chi connectivity index (χ0v) is 10.2. The van der Waals surface area contributed by atoms with Gasteiger partial charge in [-0.05, 0) is 27.7 Å². The van der Waals surface area contributed by atoms with Crippen LogP contribution in [0.15, 0.2) is 4.99 Å². The summed E-state index contributed by atoms with van der Waals surface area (Å²) < 4.78 is 11.3. The third-order valence-corrected chi connectivity index (χ3v) is 3.43. The van der Waals surface area contributed by atoms with Gasteiger partial charge in [-0.25, -0.2) is 0 Å². The van der Waals surface area contributed by atoms with Gasteiger partial charge in [0.05, 0.1) is 6.04 Å². The minimum absolute atomic E-state index is 0.384. The van der Waals surface area contributed by atoms with Crippen LogP contribution in [0, 0.1) is 0 Å². The molecule has 0 aromatic heterocycles. The molecule has 0 saturated carbocycles. The van der Waals surface area contributed by atoms with Crippen molar-refractivity contribution < 1.29 is 9.47 Å². The van der Waals surface area contributed by atoms with Gasteiger partial charge in [0.15, 0.2) is 0 Å². The van der Waals surface area contributed by atoms with Gasteiger partial charge in [-0.15, -0.1) is 11.8 Å². The minimum Gasteiger partial charge on any atom is -0.345 e. The fraction of sp³-hybridized carbons (Fsp3) is 0.900. The van der Waals surface area contributed by atoms with Gasteiger partial charge in [0.1, 0.15) is 5.04 Å². The van der Waals surface area contributed by atoms with Crippen molar-refractivity contribution >= 4 is 16.8 Å². The first-order chi connectivity index (χ1) is 6.62. The minimum atomic E-state index is -0.626. The van der Waals surface area contributed by atoms with Crippen molar-refractivity contribution in [2.24, 2.45) is 4.99 Å². The maximum absolute atomic E-state index is 5.63. The molecular weight excluding hydrogens is 198 g/mol. The molecule has 0 saturated heterocycles. The summed E-state index contributed by atoms with van der Waals surface area (Å²) in [6, 6.07) is 0.384. The second-order valence-electron chi connectivity index (χ2n) is 3.41. The van der Waals surface area contributed by atoms with Crippen LogP contribution in [0.3, 0.4) is 0 Å². The van der Waals surface area contributed by atoms with Crippen LogP contribution in [0.1, 0.15) is 27.7 Å². The van der Waals surface area contributed by atoms with Gasteiger partial charge in [0.25, 0.3) is 0 Å². The van der Waals surface area contributed by atoms with Crippen LogP contribution in [0.25, 0.3) is 0 Å². The molecular formula is C10H19NO2S. The SMILES string of the molecule is CCOC(C)(OCC)C1=N[C@H](C)CS1. The molecule has 0 amide bonds. The molecule has 0 aromatic rings. The average molecular weight is 217 g/mol. The molecule has 0 unspecified atom stereocenters. The maximum atomic E-state index is 5.63. The Bertz CT molecular complexity index is 212. The number of ether oxygens (including phenoxy) is 2. The van der Waals surface area contributed by atoms with E-state index in [1.807, 2.05) is 20.8 Å². The topological polar surface area (TPSA) is 30.8 Å². The lowest BCUT2D eigenvalue weighted by Gasteiger charge is -2.28. The van der Waals surface area contributed by atoms with Crippen LogP contribution >= 0.6 is 11.8 Å². The summed E-state index contributed by atoms with van der Waals surface area (Å²) in [7, 11) is 0. The van der Waals surface area contributed by atoms with Crippen molar-refractivity contribution in [3.63, 3.8) is 0 Å². The van der Waals surface area contributed by atoms with E-state index >= 15 is 0 Å². The number of hydrogen-bond donors (Lipinski definition) is 0. The molecule has 0 radical (unpaired) electrons. The lowest BCUT2D eigenvalue weighted by atomic mass is 10.3. The molecule has 1 atom stereocenters. The first-order valence-electron chi connectivity index (χ1n) is 5.11. The van der Waals surface area contributed by atoms with E-state index in [1.165, 1.54) is 0 Å². The smallest absolute Gasteiger partial charge is 0.215 e. The summed E-state index contributed by atoms with van der Waals surface area (Å²) in [5, 5.41) is 0.980. The van der Waals surface area contributed by atoms with Gasteiger partial charge in [-0.2, -0.15) is 0 Å². The van der Waals surface area contributed by atoms with E-state index in [0.717, 1.165) is 10.8 Å². The largest absolute Gasteiger partial charge is 0.345 e. The standard InChI is InChI=1S/C10H19NO2S/c1-5-12-10(4,13-6-2)9-11-8(3)7-14-9/h8H,5-7H2,1-4H3/t8-/m1/s1. The Labute approximate surface area is 90.3 Å². The number of aliphatic imine (C=N–C) groups is 1. The molecule has 82 valence electrons. The van der Waals surface area contributed by atoms with Gasteiger partial charge >= 0.3 is 0 Å². The van der Waals surface area contributed by atoms with Gasteiger partial charge in [0, 0.05) is 19.0 Å². The van der Waals surface area contributed by atoms with Crippen molar-refractivity contribution in [1.82, 2.24) is 0 Å². The molecule has 1 rings (SSSR count). The van der Waals surface area contributed by atoms with E-state index < -0.39 is 5.79 Å². The highest BCUT2D eigenvalue weighted by molar-refractivity contribution is 8.14. The predicted octanol–water partition coefficient (Wildman–Crippen LogP) is 2.31. The van der Waals surface area contributed by atoms with Crippen molar-refractivity contribution in [1.29, 1.82) is 0 Å².